The third kappa shape index (κ3) is 4.19. The maximum Gasteiger partial charge on any atom is 0.233 e. The summed E-state index contributed by atoms with van der Waals surface area (Å²) in [6.45, 7) is 6.32. The first-order valence-electron chi connectivity index (χ1n) is 10.9. The second kappa shape index (κ2) is 8.86. The summed E-state index contributed by atoms with van der Waals surface area (Å²) in [5.41, 5.74) is 1.82. The first-order chi connectivity index (χ1) is 15.6. The van der Waals surface area contributed by atoms with Crippen molar-refractivity contribution >= 4 is 17.7 Å². The monoisotopic (exact) mass is 450 g/mol. The van der Waals surface area contributed by atoms with Gasteiger partial charge >= 0.3 is 0 Å². The summed E-state index contributed by atoms with van der Waals surface area (Å²) in [6.07, 6.45) is 1.18. The topological polar surface area (TPSA) is 69.5 Å². The van der Waals surface area contributed by atoms with Crippen LogP contribution >= 0.6 is 11.8 Å². The van der Waals surface area contributed by atoms with Crippen molar-refractivity contribution in [3.05, 3.63) is 48.5 Å². The molecule has 7 nitrogen and oxygen atoms in total. The lowest BCUT2D eigenvalue weighted by Crippen LogP contribution is -2.43. The Bertz CT molecular complexity index is 1110. The smallest absolute Gasteiger partial charge is 0.233 e. The van der Waals surface area contributed by atoms with E-state index in [-0.39, 0.29) is 12.7 Å². The van der Waals surface area contributed by atoms with Crippen LogP contribution in [0.5, 0.6) is 11.5 Å². The molecule has 0 bridgehead atoms. The summed E-state index contributed by atoms with van der Waals surface area (Å²) in [6, 6.07) is 15.7. The molecule has 2 aliphatic heterocycles. The summed E-state index contributed by atoms with van der Waals surface area (Å²) < 4.78 is 13.0. The fraction of sp³-hybridized carbons (Fsp3) is 0.375. The van der Waals surface area contributed by atoms with Gasteiger partial charge in [-0.05, 0) is 48.6 Å². The number of amides is 1. The van der Waals surface area contributed by atoms with Gasteiger partial charge in [0.05, 0.1) is 5.75 Å². The second-order valence-electron chi connectivity index (χ2n) is 8.58. The maximum absolute atomic E-state index is 12.9. The highest BCUT2D eigenvalue weighted by molar-refractivity contribution is 7.99. The zero-order valence-corrected chi connectivity index (χ0v) is 19.0. The summed E-state index contributed by atoms with van der Waals surface area (Å²) in [7, 11) is 0. The zero-order chi connectivity index (χ0) is 22.1. The number of hydrogen-bond acceptors (Lipinski definition) is 6. The van der Waals surface area contributed by atoms with Crippen molar-refractivity contribution in [2.45, 2.75) is 25.4 Å². The van der Waals surface area contributed by atoms with Gasteiger partial charge in [-0.25, -0.2) is 0 Å². The number of piperidine rings is 1. The van der Waals surface area contributed by atoms with Crippen LogP contribution in [0.2, 0.25) is 0 Å². The largest absolute Gasteiger partial charge is 0.454 e. The summed E-state index contributed by atoms with van der Waals surface area (Å²) in [4.78, 5) is 14.9. The second-order valence-corrected chi connectivity index (χ2v) is 9.52. The molecule has 1 amide bonds. The molecule has 8 heteroatoms. The Morgan fingerprint density at radius 2 is 1.78 bits per heavy atom. The van der Waals surface area contributed by atoms with E-state index in [4.69, 9.17) is 9.47 Å². The fourth-order valence-electron chi connectivity index (χ4n) is 4.48. The van der Waals surface area contributed by atoms with Gasteiger partial charge in [0, 0.05) is 24.3 Å². The Labute approximate surface area is 191 Å². The van der Waals surface area contributed by atoms with Crippen molar-refractivity contribution in [3.8, 4) is 28.6 Å². The van der Waals surface area contributed by atoms with Crippen LogP contribution < -0.4 is 9.47 Å². The number of thioether (sulfide) groups is 1. The Morgan fingerprint density at radius 3 is 2.56 bits per heavy atom. The van der Waals surface area contributed by atoms with Crippen molar-refractivity contribution in [2.75, 3.05) is 25.6 Å². The zero-order valence-electron chi connectivity index (χ0n) is 18.2. The normalized spacial score (nSPS) is 19.9. The molecule has 166 valence electrons. The van der Waals surface area contributed by atoms with Gasteiger partial charge < -0.3 is 14.4 Å². The highest BCUT2D eigenvalue weighted by Crippen LogP contribution is 2.37. The number of fused-ring (bicyclic) bond motifs is 1. The van der Waals surface area contributed by atoms with Crippen LogP contribution in [0.25, 0.3) is 17.1 Å². The molecule has 32 heavy (non-hydrogen) atoms. The van der Waals surface area contributed by atoms with Crippen molar-refractivity contribution < 1.29 is 14.3 Å². The van der Waals surface area contributed by atoms with E-state index in [0.29, 0.717) is 34.3 Å². The molecule has 0 unspecified atom stereocenters. The molecule has 0 N–H and O–H groups in total. The lowest BCUT2D eigenvalue weighted by Gasteiger charge is -2.34. The molecular formula is C24H26N4O3S. The molecule has 1 saturated heterocycles. The standard InChI is InChI=1S/C24H26N4O3S/c1-16-10-17(2)13-27(12-16)22(29)14-32-24-26-25-23(28(24)19-6-4-3-5-7-19)18-8-9-20-21(11-18)31-15-30-20/h3-9,11,16-17H,10,12-15H2,1-2H3/t16-,17-/m0/s1. The van der Waals surface area contributed by atoms with Gasteiger partial charge in [-0.2, -0.15) is 0 Å². The van der Waals surface area contributed by atoms with Crippen LogP contribution in [0.15, 0.2) is 53.7 Å². The van der Waals surface area contributed by atoms with Gasteiger partial charge in [-0.3, -0.25) is 9.36 Å². The van der Waals surface area contributed by atoms with Crippen molar-refractivity contribution in [1.29, 1.82) is 0 Å². The third-order valence-electron chi connectivity index (χ3n) is 5.82. The first kappa shape index (κ1) is 20.9. The van der Waals surface area contributed by atoms with Gasteiger partial charge in [0.15, 0.2) is 22.5 Å². The third-order valence-corrected chi connectivity index (χ3v) is 6.74. The van der Waals surface area contributed by atoms with Crippen LogP contribution in [0.3, 0.4) is 0 Å². The van der Waals surface area contributed by atoms with Crippen LogP contribution in [-0.2, 0) is 4.79 Å². The lowest BCUT2D eigenvalue weighted by atomic mass is 9.92. The summed E-state index contributed by atoms with van der Waals surface area (Å²) >= 11 is 1.43. The molecule has 0 aliphatic carbocycles. The Balaban J connectivity index is 1.42. The number of carbonyl (C=O) groups is 1. The molecular weight excluding hydrogens is 424 g/mol. The molecule has 0 saturated carbocycles. The summed E-state index contributed by atoms with van der Waals surface area (Å²) in [5.74, 6) is 3.69. The highest BCUT2D eigenvalue weighted by Gasteiger charge is 2.26. The molecule has 5 rings (SSSR count). The van der Waals surface area contributed by atoms with Crippen LogP contribution in [0, 0.1) is 11.8 Å². The average molecular weight is 451 g/mol. The number of likely N-dealkylation sites (tertiary alicyclic amines) is 1. The van der Waals surface area contributed by atoms with E-state index in [0.717, 1.165) is 30.1 Å². The Kier molecular flexibility index (Phi) is 5.78. The minimum atomic E-state index is 0.153. The molecule has 0 spiro atoms. The average Bonchev–Trinajstić information content (AvgIpc) is 3.43. The van der Waals surface area contributed by atoms with E-state index in [9.17, 15) is 4.79 Å². The van der Waals surface area contributed by atoms with Gasteiger partial charge in [0.2, 0.25) is 12.7 Å². The first-order valence-corrected chi connectivity index (χ1v) is 11.9. The van der Waals surface area contributed by atoms with E-state index in [1.807, 2.05) is 58.0 Å². The lowest BCUT2D eigenvalue weighted by molar-refractivity contribution is -0.130. The SMILES string of the molecule is C[C@H]1C[C@H](C)CN(C(=O)CSc2nnc(-c3ccc4c(c3)OCO4)n2-c2ccccc2)C1. The van der Waals surface area contributed by atoms with E-state index in [2.05, 4.69) is 24.0 Å². The quantitative estimate of drug-likeness (QED) is 0.541. The fourth-order valence-corrected chi connectivity index (χ4v) is 5.33. The molecule has 1 fully saturated rings. The Hall–Kier alpha value is -3.00. The molecule has 3 heterocycles. The number of aromatic nitrogens is 3. The predicted octanol–water partition coefficient (Wildman–Crippen LogP) is 4.26. The van der Waals surface area contributed by atoms with Gasteiger partial charge in [0.1, 0.15) is 0 Å². The van der Waals surface area contributed by atoms with Crippen molar-refractivity contribution in [3.63, 3.8) is 0 Å². The van der Waals surface area contributed by atoms with E-state index >= 15 is 0 Å². The number of rotatable bonds is 5. The molecule has 2 aromatic carbocycles. The number of para-hydroxylation sites is 1. The van der Waals surface area contributed by atoms with Gasteiger partial charge in [-0.15, -0.1) is 10.2 Å². The van der Waals surface area contributed by atoms with Crippen LogP contribution in [0.4, 0.5) is 0 Å². The molecule has 2 atom stereocenters. The van der Waals surface area contributed by atoms with Crippen LogP contribution in [0.1, 0.15) is 20.3 Å². The number of ether oxygens (including phenoxy) is 2. The molecule has 3 aromatic rings. The van der Waals surface area contributed by atoms with Gasteiger partial charge in [0.25, 0.3) is 0 Å². The van der Waals surface area contributed by atoms with Gasteiger partial charge in [-0.1, -0.05) is 43.8 Å². The van der Waals surface area contributed by atoms with E-state index in [1.54, 1.807) is 0 Å². The number of hydrogen-bond donors (Lipinski definition) is 0. The highest BCUT2D eigenvalue weighted by atomic mass is 32.2. The molecule has 1 aromatic heterocycles. The summed E-state index contributed by atoms with van der Waals surface area (Å²) in [5, 5.41) is 9.61. The Morgan fingerprint density at radius 1 is 1.03 bits per heavy atom. The minimum Gasteiger partial charge on any atom is -0.454 e. The minimum absolute atomic E-state index is 0.153. The van der Waals surface area contributed by atoms with E-state index in [1.165, 1.54) is 18.2 Å². The molecule has 2 aliphatic rings. The van der Waals surface area contributed by atoms with Crippen LogP contribution in [-0.4, -0.2) is 51.2 Å². The number of carbonyl (C=O) groups excluding carboxylic acids is 1. The van der Waals surface area contributed by atoms with E-state index < -0.39 is 0 Å². The van der Waals surface area contributed by atoms with Crippen molar-refractivity contribution in [2.24, 2.45) is 11.8 Å². The maximum atomic E-state index is 12.9. The van der Waals surface area contributed by atoms with Crippen molar-refractivity contribution in [1.82, 2.24) is 19.7 Å². The predicted molar refractivity (Wildman–Crippen MR) is 123 cm³/mol. The molecule has 0 radical (unpaired) electrons. The number of nitrogens with zero attached hydrogens (tertiary/aromatic N) is 4. The number of benzene rings is 2.